The fourth-order valence-corrected chi connectivity index (χ4v) is 16.9. The summed E-state index contributed by atoms with van der Waals surface area (Å²) in [7, 11) is -3.47. The Hall–Kier alpha value is -8.20. The molecule has 496 valence electrons. The SMILES string of the molecule is Cc1c(-c2ccc(N3CCc4cccc(C(=O)Nc5nc6ccccc6s5)c4C3)nc2C(=O)O)cnn1CC12CC3(C)CC(C)(C1)CC(OCCN(C)C(=O)C(CS(=O)(=O)O)NC(=O)OCc1ccc(O[C@@H]4O[C@H](C(=O)O)[C@@H](O)[C@H](O)[C@H]4O)c(NC(=O)CCN)c1)(C3)C2. The maximum Gasteiger partial charge on any atom is 0.408 e. The number of fused-ring (bicyclic) bond motifs is 2. The van der Waals surface area contributed by atoms with Gasteiger partial charge in [-0.1, -0.05) is 55.5 Å². The molecule has 4 bridgehead atoms. The predicted molar refractivity (Wildman–Crippen MR) is 336 cm³/mol. The lowest BCUT2D eigenvalue weighted by Gasteiger charge is -2.69. The van der Waals surface area contributed by atoms with Crippen molar-refractivity contribution in [1.29, 1.82) is 0 Å². The van der Waals surface area contributed by atoms with Crippen LogP contribution in [0.1, 0.15) is 102 Å². The fourth-order valence-electron chi connectivity index (χ4n) is 15.4. The molecule has 30 heteroatoms. The van der Waals surface area contributed by atoms with E-state index >= 15 is 0 Å². The number of aromatic nitrogens is 4. The molecule has 11 N–H and O–H groups in total. The van der Waals surface area contributed by atoms with E-state index in [2.05, 4.69) is 34.8 Å². The molecule has 4 saturated carbocycles. The van der Waals surface area contributed by atoms with Crippen molar-refractivity contribution in [2.24, 2.45) is 22.0 Å². The lowest BCUT2D eigenvalue weighted by molar-refractivity contribution is -0.271. The average Bonchev–Trinajstić information content (AvgIpc) is 1.06. The number of amides is 4. The molecule has 2 aliphatic heterocycles. The molecule has 8 atom stereocenters. The number of ether oxygens (including phenoxy) is 4. The largest absolute Gasteiger partial charge is 0.479 e. The second-order valence-corrected chi connectivity index (χ2v) is 28.5. The molecule has 0 radical (unpaired) electrons. The summed E-state index contributed by atoms with van der Waals surface area (Å²) in [6.45, 7) is 7.24. The summed E-state index contributed by atoms with van der Waals surface area (Å²) in [5.41, 5.74) is 9.27. The van der Waals surface area contributed by atoms with Gasteiger partial charge in [-0.05, 0) is 127 Å². The van der Waals surface area contributed by atoms with Crippen LogP contribution in [-0.2, 0) is 64.8 Å². The van der Waals surface area contributed by atoms with Gasteiger partial charge in [-0.15, -0.1) is 0 Å². The van der Waals surface area contributed by atoms with E-state index in [0.29, 0.717) is 60.1 Å². The predicted octanol–water partition coefficient (Wildman–Crippen LogP) is 4.71. The summed E-state index contributed by atoms with van der Waals surface area (Å²) in [6, 6.07) is 18.9. The van der Waals surface area contributed by atoms with E-state index in [1.54, 1.807) is 18.3 Å². The Bertz CT molecular complexity index is 3980. The molecule has 1 saturated heterocycles. The van der Waals surface area contributed by atoms with Gasteiger partial charge < -0.3 is 70.6 Å². The zero-order valence-corrected chi connectivity index (χ0v) is 53.1. The van der Waals surface area contributed by atoms with Crippen LogP contribution in [0.15, 0.2) is 79.0 Å². The minimum atomic E-state index is -4.87. The number of rotatable bonds is 23. The molecule has 3 unspecified atom stereocenters. The first-order valence-electron chi connectivity index (χ1n) is 30.3. The number of alkyl carbamates (subject to hydrolysis) is 1. The van der Waals surface area contributed by atoms with Crippen molar-refractivity contribution in [2.75, 3.05) is 54.6 Å². The highest BCUT2D eigenvalue weighted by Crippen LogP contribution is 2.72. The van der Waals surface area contributed by atoms with Gasteiger partial charge in [0.2, 0.25) is 18.1 Å². The number of benzene rings is 3. The van der Waals surface area contributed by atoms with Crippen LogP contribution in [0.4, 0.5) is 21.4 Å². The van der Waals surface area contributed by atoms with Crippen molar-refractivity contribution in [3.63, 3.8) is 0 Å². The van der Waals surface area contributed by atoms with Gasteiger partial charge >= 0.3 is 18.0 Å². The van der Waals surface area contributed by atoms with Crippen LogP contribution in [0.2, 0.25) is 0 Å². The number of likely N-dealkylation sites (N-methyl/N-ethyl adjacent to an activating group) is 1. The van der Waals surface area contributed by atoms with Crippen LogP contribution in [0.25, 0.3) is 21.3 Å². The standard InChI is InChI=1S/C63H74N10O18S2/c1-34-39(37-13-15-46(69-48(37)55(80)81)72-19-17-36-8-7-9-38(40(36)24-72)53(78)70-58-67-41-10-5-6-11-45(41)92-58)23-65-73(34)33-62-28-60(2)27-61(3,29-62)31-63(30-60,32-62)89-21-20-71(4)54(79)43(26-93(85,86)87)68-59(84)88-25-35-12-14-44(42(22-35)66-47(74)16-18-64)90-57-51(77)49(75)50(76)52(91-57)56(82)83/h5-15,22-23,43,49-52,57,75-77H,16-21,24-33,64H2,1-4H3,(H,66,74)(H,68,84)(H,80,81)(H,82,83)(H,67,70,78)(H,85,86,87)/t43?,49-,50-,51+,52-,57+,60?,61?,62?,63?/m0/s1. The van der Waals surface area contributed by atoms with Crippen LogP contribution < -0.4 is 31.3 Å². The second-order valence-electron chi connectivity index (χ2n) is 26.0. The topological polar surface area (TPSA) is 407 Å². The summed E-state index contributed by atoms with van der Waals surface area (Å²) in [5, 5.41) is 64.3. The summed E-state index contributed by atoms with van der Waals surface area (Å²) in [4.78, 5) is 91.1. The number of thiazole rings is 1. The Kier molecular flexibility index (Phi) is 18.5. The number of carboxylic acid groups (broad SMARTS) is 2. The number of aliphatic hydroxyl groups is 3. The third-order valence-corrected chi connectivity index (χ3v) is 20.0. The van der Waals surface area contributed by atoms with Crippen molar-refractivity contribution in [1.82, 2.24) is 30.0 Å². The van der Waals surface area contributed by atoms with Crippen LogP contribution in [-0.4, -0.2) is 180 Å². The number of carboxylic acids is 2. The normalized spacial score (nSPS) is 25.8. The molecule has 12 rings (SSSR count). The Morgan fingerprint density at radius 1 is 0.892 bits per heavy atom. The monoisotopic (exact) mass is 1320 g/mol. The zero-order valence-electron chi connectivity index (χ0n) is 51.4. The van der Waals surface area contributed by atoms with Crippen LogP contribution in [0, 0.1) is 23.2 Å². The number of aliphatic hydroxyl groups excluding tert-OH is 3. The molecule has 5 heterocycles. The highest BCUT2D eigenvalue weighted by molar-refractivity contribution is 7.85. The van der Waals surface area contributed by atoms with Crippen molar-refractivity contribution < 1.29 is 86.2 Å². The number of aliphatic carboxylic acids is 1. The van der Waals surface area contributed by atoms with Crippen molar-refractivity contribution in [3.05, 3.63) is 113 Å². The Balaban J connectivity index is 0.729. The molecule has 28 nitrogen and oxygen atoms in total. The van der Waals surface area contributed by atoms with Crippen molar-refractivity contribution in [3.8, 4) is 16.9 Å². The maximum absolute atomic E-state index is 14.0. The molecule has 3 aromatic carbocycles. The molecule has 3 aromatic heterocycles. The van der Waals surface area contributed by atoms with E-state index in [1.807, 2.05) is 59.0 Å². The third kappa shape index (κ3) is 14.3. The zero-order chi connectivity index (χ0) is 66.5. The quantitative estimate of drug-likeness (QED) is 0.0388. The van der Waals surface area contributed by atoms with Gasteiger partial charge in [0.05, 0.1) is 34.3 Å². The average molecular weight is 1320 g/mol. The summed E-state index contributed by atoms with van der Waals surface area (Å²) in [5.74, 6) is -5.60. The van der Waals surface area contributed by atoms with Crippen LogP contribution >= 0.6 is 11.3 Å². The first kappa shape index (κ1) is 66.3. The number of anilines is 3. The number of pyridine rings is 1. The summed E-state index contributed by atoms with van der Waals surface area (Å²) in [6.07, 6.45) is -4.01. The van der Waals surface area contributed by atoms with E-state index in [1.165, 1.54) is 41.5 Å². The van der Waals surface area contributed by atoms with Crippen molar-refractivity contribution >= 4 is 84.1 Å². The summed E-state index contributed by atoms with van der Waals surface area (Å²) >= 11 is 1.39. The second kappa shape index (κ2) is 25.9. The molecule has 6 aromatic rings. The van der Waals surface area contributed by atoms with E-state index in [-0.39, 0.29) is 71.0 Å². The lowest BCUT2D eigenvalue weighted by Crippen LogP contribution is -2.64. The molecule has 93 heavy (non-hydrogen) atoms. The molecule has 5 fully saturated rings. The van der Waals surface area contributed by atoms with E-state index in [4.69, 9.17) is 34.8 Å². The first-order chi connectivity index (χ1) is 44.0. The van der Waals surface area contributed by atoms with Gasteiger partial charge in [-0.3, -0.25) is 28.9 Å². The Labute approximate surface area is 538 Å². The fraction of sp³-hybridized carbons (Fsp3) is 0.476. The summed E-state index contributed by atoms with van der Waals surface area (Å²) < 4.78 is 60.5. The first-order valence-corrected chi connectivity index (χ1v) is 32.8. The number of hydrogen-bond donors (Lipinski definition) is 10. The number of carbonyl (C=O) groups excluding carboxylic acids is 4. The van der Waals surface area contributed by atoms with Crippen LogP contribution in [0.3, 0.4) is 0 Å². The Morgan fingerprint density at radius 2 is 1.65 bits per heavy atom. The third-order valence-electron chi connectivity index (χ3n) is 18.3. The molecular formula is C63H74N10O18S2. The van der Waals surface area contributed by atoms with Crippen molar-refractivity contribution in [2.45, 2.75) is 134 Å². The van der Waals surface area contributed by atoms with Gasteiger partial charge in [-0.2, -0.15) is 13.5 Å². The molecular weight excluding hydrogens is 1250 g/mol. The number of para-hydroxylation sites is 1. The highest BCUT2D eigenvalue weighted by Gasteiger charge is 2.66. The molecule has 4 amide bonds. The number of carbonyl (C=O) groups is 6. The van der Waals surface area contributed by atoms with Gasteiger partial charge in [0.1, 0.15) is 48.3 Å². The minimum absolute atomic E-state index is 0.0310. The number of nitrogens with one attached hydrogen (secondary N) is 3. The molecule has 0 spiro atoms. The Morgan fingerprint density at radius 3 is 2.35 bits per heavy atom. The van der Waals surface area contributed by atoms with Gasteiger partial charge in [0.15, 0.2) is 16.9 Å². The highest BCUT2D eigenvalue weighted by atomic mass is 32.2. The number of hydrogen-bond acceptors (Lipinski definition) is 21. The van der Waals surface area contributed by atoms with Gasteiger partial charge in [-0.25, -0.2) is 24.4 Å². The van der Waals surface area contributed by atoms with E-state index in [0.717, 1.165) is 59.1 Å². The number of aromatic carboxylic acids is 1. The lowest BCUT2D eigenvalue weighted by atomic mass is 9.39. The number of nitrogens with zero attached hydrogens (tertiary/aromatic N) is 6. The van der Waals surface area contributed by atoms with Gasteiger partial charge in [0.25, 0.3) is 16.0 Å². The maximum atomic E-state index is 14.0. The van der Waals surface area contributed by atoms with E-state index in [9.17, 15) is 67.3 Å². The minimum Gasteiger partial charge on any atom is -0.479 e. The molecule has 4 aliphatic carbocycles. The van der Waals surface area contributed by atoms with Gasteiger partial charge in [0, 0.05) is 68.6 Å². The van der Waals surface area contributed by atoms with E-state index < -0.39 is 94.7 Å². The van der Waals surface area contributed by atoms with Crippen LogP contribution in [0.5, 0.6) is 5.75 Å². The molecule has 6 aliphatic rings. The smallest absolute Gasteiger partial charge is 0.408 e. The number of nitrogens with two attached hydrogens (primary N) is 1.